The first-order valence-corrected chi connectivity index (χ1v) is 9.28. The first-order valence-electron chi connectivity index (χ1n) is 9.28. The molecule has 6 heteroatoms. The van der Waals surface area contributed by atoms with Crippen molar-refractivity contribution in [2.45, 2.75) is 20.4 Å². The van der Waals surface area contributed by atoms with E-state index in [1.54, 1.807) is 7.11 Å². The molecule has 2 N–H and O–H groups in total. The Labute approximate surface area is 161 Å². The quantitative estimate of drug-likeness (QED) is 0.668. The van der Waals surface area contributed by atoms with Gasteiger partial charge in [-0.25, -0.2) is 4.79 Å². The molecule has 0 bridgehead atoms. The molecule has 0 aromatic heterocycles. The number of urea groups is 1. The van der Waals surface area contributed by atoms with E-state index in [4.69, 9.17) is 9.47 Å². The third kappa shape index (κ3) is 6.83. The van der Waals surface area contributed by atoms with Gasteiger partial charge in [0.1, 0.15) is 18.1 Å². The number of methoxy groups -OCH3 is 1. The number of rotatable bonds is 10. The van der Waals surface area contributed by atoms with Gasteiger partial charge in [0.2, 0.25) is 0 Å². The maximum atomic E-state index is 12.2. The van der Waals surface area contributed by atoms with Crippen LogP contribution < -0.4 is 20.1 Å². The van der Waals surface area contributed by atoms with Crippen molar-refractivity contribution in [3.8, 4) is 11.5 Å². The summed E-state index contributed by atoms with van der Waals surface area (Å²) in [5, 5.41) is 5.70. The van der Waals surface area contributed by atoms with Crippen molar-refractivity contribution in [1.29, 1.82) is 0 Å². The number of hydrogen-bond acceptors (Lipinski definition) is 4. The van der Waals surface area contributed by atoms with E-state index in [0.717, 1.165) is 30.9 Å². The zero-order valence-electron chi connectivity index (χ0n) is 16.3. The van der Waals surface area contributed by atoms with Crippen LogP contribution in [-0.4, -0.2) is 44.3 Å². The number of hydrogen-bond donors (Lipinski definition) is 2. The lowest BCUT2D eigenvalue weighted by Gasteiger charge is -2.19. The van der Waals surface area contributed by atoms with Crippen molar-refractivity contribution in [3.63, 3.8) is 0 Å². The number of ether oxygens (including phenoxy) is 2. The van der Waals surface area contributed by atoms with Gasteiger partial charge in [-0.05, 0) is 42.9 Å². The van der Waals surface area contributed by atoms with Crippen molar-refractivity contribution in [2.75, 3.05) is 38.7 Å². The van der Waals surface area contributed by atoms with Crippen molar-refractivity contribution in [1.82, 2.24) is 10.2 Å². The molecule has 146 valence electrons. The lowest BCUT2D eigenvalue weighted by molar-refractivity contribution is 0.223. The van der Waals surface area contributed by atoms with Gasteiger partial charge in [0.25, 0.3) is 0 Å². The van der Waals surface area contributed by atoms with Gasteiger partial charge in [0.15, 0.2) is 0 Å². The molecule has 2 amide bonds. The van der Waals surface area contributed by atoms with Crippen LogP contribution in [0.15, 0.2) is 48.5 Å². The van der Waals surface area contributed by atoms with Crippen LogP contribution in [0.3, 0.4) is 0 Å². The highest BCUT2D eigenvalue weighted by atomic mass is 16.5. The molecule has 27 heavy (non-hydrogen) atoms. The lowest BCUT2D eigenvalue weighted by atomic mass is 10.2. The van der Waals surface area contributed by atoms with E-state index in [0.29, 0.717) is 24.6 Å². The summed E-state index contributed by atoms with van der Waals surface area (Å²) < 4.78 is 11.1. The summed E-state index contributed by atoms with van der Waals surface area (Å²) in [7, 11) is 1.62. The molecular weight excluding hydrogens is 342 g/mol. The van der Waals surface area contributed by atoms with Crippen LogP contribution >= 0.6 is 0 Å². The van der Waals surface area contributed by atoms with Crippen LogP contribution in [0, 0.1) is 0 Å². The molecule has 2 aromatic rings. The number of nitrogens with one attached hydrogen (secondary N) is 2. The molecule has 6 nitrogen and oxygen atoms in total. The lowest BCUT2D eigenvalue weighted by Crippen LogP contribution is -2.29. The minimum absolute atomic E-state index is 0.280. The van der Waals surface area contributed by atoms with E-state index < -0.39 is 0 Å². The van der Waals surface area contributed by atoms with Gasteiger partial charge < -0.3 is 25.0 Å². The molecule has 0 aliphatic rings. The molecule has 0 heterocycles. The highest BCUT2D eigenvalue weighted by Crippen LogP contribution is 2.23. The minimum atomic E-state index is -0.280. The zero-order chi connectivity index (χ0) is 19.5. The van der Waals surface area contributed by atoms with Gasteiger partial charge in [-0.3, -0.25) is 0 Å². The average molecular weight is 371 g/mol. The first-order chi connectivity index (χ1) is 13.2. The molecule has 0 spiro atoms. The Morgan fingerprint density at radius 3 is 2.59 bits per heavy atom. The summed E-state index contributed by atoms with van der Waals surface area (Å²) >= 11 is 0. The number of carbonyl (C=O) groups excluding carboxylic acids is 1. The second-order valence-electron chi connectivity index (χ2n) is 6.03. The molecule has 0 radical (unpaired) electrons. The van der Waals surface area contributed by atoms with Crippen LogP contribution in [0.25, 0.3) is 0 Å². The maximum Gasteiger partial charge on any atom is 0.319 e. The third-order valence-corrected chi connectivity index (χ3v) is 4.28. The van der Waals surface area contributed by atoms with Crippen LogP contribution in [-0.2, 0) is 6.54 Å². The van der Waals surface area contributed by atoms with Gasteiger partial charge in [-0.2, -0.15) is 0 Å². The van der Waals surface area contributed by atoms with E-state index in [9.17, 15) is 4.79 Å². The van der Waals surface area contributed by atoms with E-state index in [1.807, 2.05) is 48.5 Å². The topological polar surface area (TPSA) is 62.8 Å². The Kier molecular flexibility index (Phi) is 8.45. The highest BCUT2D eigenvalue weighted by Gasteiger charge is 2.08. The molecule has 0 atom stereocenters. The molecule has 2 rings (SSSR count). The fraction of sp³-hybridized carbons (Fsp3) is 0.381. The second kappa shape index (κ2) is 11.1. The zero-order valence-corrected chi connectivity index (χ0v) is 16.3. The predicted octanol–water partition coefficient (Wildman–Crippen LogP) is 3.74. The Balaban J connectivity index is 1.87. The van der Waals surface area contributed by atoms with Crippen LogP contribution in [0.4, 0.5) is 10.5 Å². The fourth-order valence-corrected chi connectivity index (χ4v) is 2.65. The summed E-state index contributed by atoms with van der Waals surface area (Å²) in [6, 6.07) is 14.8. The average Bonchev–Trinajstić information content (AvgIpc) is 2.71. The summed E-state index contributed by atoms with van der Waals surface area (Å²) in [4.78, 5) is 14.5. The third-order valence-electron chi connectivity index (χ3n) is 4.28. The number of amides is 2. The van der Waals surface area contributed by atoms with E-state index >= 15 is 0 Å². The molecular formula is C21H29N3O3. The predicted molar refractivity (Wildman–Crippen MR) is 109 cm³/mol. The minimum Gasteiger partial charge on any atom is -0.497 e. The number of likely N-dealkylation sites (N-methyl/N-ethyl adjacent to an activating group) is 1. The van der Waals surface area contributed by atoms with Crippen LogP contribution in [0.5, 0.6) is 11.5 Å². The molecule has 0 fully saturated rings. The fourth-order valence-electron chi connectivity index (χ4n) is 2.65. The molecule has 0 aliphatic carbocycles. The summed E-state index contributed by atoms with van der Waals surface area (Å²) in [5.74, 6) is 1.43. The molecule has 0 unspecified atom stereocenters. The van der Waals surface area contributed by atoms with Gasteiger partial charge >= 0.3 is 6.03 Å². The normalized spacial score (nSPS) is 10.5. The smallest absolute Gasteiger partial charge is 0.319 e. The largest absolute Gasteiger partial charge is 0.497 e. The van der Waals surface area contributed by atoms with Crippen molar-refractivity contribution < 1.29 is 14.3 Å². The Morgan fingerprint density at radius 1 is 1.07 bits per heavy atom. The maximum absolute atomic E-state index is 12.2. The van der Waals surface area contributed by atoms with E-state index in [1.165, 1.54) is 0 Å². The number of nitrogens with zero attached hydrogens (tertiary/aromatic N) is 1. The molecule has 0 aliphatic heterocycles. The SMILES string of the molecule is CCN(CC)CCOc1ccccc1NC(=O)NCc1cccc(OC)c1. The van der Waals surface area contributed by atoms with Gasteiger partial charge in [-0.15, -0.1) is 0 Å². The Morgan fingerprint density at radius 2 is 1.85 bits per heavy atom. The number of para-hydroxylation sites is 2. The van der Waals surface area contributed by atoms with Gasteiger partial charge in [0.05, 0.1) is 12.8 Å². The van der Waals surface area contributed by atoms with Crippen LogP contribution in [0.2, 0.25) is 0 Å². The van der Waals surface area contributed by atoms with Crippen molar-refractivity contribution >= 4 is 11.7 Å². The van der Waals surface area contributed by atoms with E-state index in [2.05, 4.69) is 29.4 Å². The highest BCUT2D eigenvalue weighted by molar-refractivity contribution is 5.90. The summed E-state index contributed by atoms with van der Waals surface area (Å²) in [6.45, 7) is 8.08. The van der Waals surface area contributed by atoms with Crippen LogP contribution in [0.1, 0.15) is 19.4 Å². The first kappa shape index (κ1) is 20.6. The Bertz CT molecular complexity index is 717. The number of carbonyl (C=O) groups is 1. The van der Waals surface area contributed by atoms with Gasteiger partial charge in [0, 0.05) is 13.1 Å². The molecule has 2 aromatic carbocycles. The second-order valence-corrected chi connectivity index (χ2v) is 6.03. The standard InChI is InChI=1S/C21H29N3O3/c1-4-24(5-2)13-14-27-20-12-7-6-11-19(20)23-21(25)22-16-17-9-8-10-18(15-17)26-3/h6-12,15H,4-5,13-14,16H2,1-3H3,(H2,22,23,25). The molecule has 0 saturated heterocycles. The van der Waals surface area contributed by atoms with Crippen molar-refractivity contribution in [3.05, 3.63) is 54.1 Å². The number of benzene rings is 2. The van der Waals surface area contributed by atoms with Gasteiger partial charge in [-0.1, -0.05) is 38.1 Å². The number of anilines is 1. The van der Waals surface area contributed by atoms with Crippen molar-refractivity contribution in [2.24, 2.45) is 0 Å². The summed E-state index contributed by atoms with van der Waals surface area (Å²) in [5.41, 5.74) is 1.62. The molecule has 0 saturated carbocycles. The van der Waals surface area contributed by atoms with E-state index in [-0.39, 0.29) is 6.03 Å². The monoisotopic (exact) mass is 371 g/mol. The summed E-state index contributed by atoms with van der Waals surface area (Å²) in [6.07, 6.45) is 0. The Hall–Kier alpha value is -2.73.